The molecule has 4 rings (SSSR count). The maximum atomic E-state index is 12.5. The standard InChI is InChI=1S/C18H18N4O3/c1-12-4-2-3-5-15(12)25-11-17(23)21-9-7-14-13(10-21)18(24)22-16(20-14)6-8-19-22/h2-6,8,19H,7,9-11H2,1H3. The van der Waals surface area contributed by atoms with Crippen LogP contribution in [0.15, 0.2) is 41.3 Å². The van der Waals surface area contributed by atoms with Gasteiger partial charge in [-0.2, -0.15) is 0 Å². The minimum absolute atomic E-state index is 0.0420. The van der Waals surface area contributed by atoms with Crippen LogP contribution in [-0.4, -0.2) is 38.6 Å². The molecule has 1 aromatic carbocycles. The predicted molar refractivity (Wildman–Crippen MR) is 91.6 cm³/mol. The van der Waals surface area contributed by atoms with Crippen molar-refractivity contribution in [1.29, 1.82) is 0 Å². The summed E-state index contributed by atoms with van der Waals surface area (Å²) in [5.74, 6) is 0.563. The van der Waals surface area contributed by atoms with E-state index in [2.05, 4.69) is 10.1 Å². The first-order valence-electron chi connectivity index (χ1n) is 8.17. The van der Waals surface area contributed by atoms with E-state index in [1.165, 1.54) is 4.52 Å². The van der Waals surface area contributed by atoms with Crippen molar-refractivity contribution in [3.8, 4) is 5.75 Å². The molecule has 0 atom stereocenters. The Hall–Kier alpha value is -3.09. The van der Waals surface area contributed by atoms with E-state index in [-0.39, 0.29) is 24.6 Å². The van der Waals surface area contributed by atoms with Crippen LogP contribution in [0.2, 0.25) is 0 Å². The van der Waals surface area contributed by atoms with Crippen LogP contribution in [-0.2, 0) is 17.8 Å². The molecule has 2 aromatic heterocycles. The van der Waals surface area contributed by atoms with Gasteiger partial charge in [0.2, 0.25) is 0 Å². The van der Waals surface area contributed by atoms with Gasteiger partial charge in [-0.25, -0.2) is 9.50 Å². The number of carbonyl (C=O) groups is 1. The number of hydrogen-bond acceptors (Lipinski definition) is 4. The highest BCUT2D eigenvalue weighted by atomic mass is 16.5. The molecule has 0 fully saturated rings. The topological polar surface area (TPSA) is 79.7 Å². The van der Waals surface area contributed by atoms with Gasteiger partial charge in [0.1, 0.15) is 5.75 Å². The molecule has 0 spiro atoms. The number of benzene rings is 1. The van der Waals surface area contributed by atoms with E-state index in [9.17, 15) is 9.59 Å². The molecule has 0 unspecified atom stereocenters. The lowest BCUT2D eigenvalue weighted by atomic mass is 10.1. The van der Waals surface area contributed by atoms with Crippen LogP contribution in [0.1, 0.15) is 16.8 Å². The van der Waals surface area contributed by atoms with Crippen LogP contribution in [0.3, 0.4) is 0 Å². The third-order valence-corrected chi connectivity index (χ3v) is 4.49. The normalized spacial score (nSPS) is 13.7. The Balaban J connectivity index is 1.51. The molecule has 0 saturated heterocycles. The van der Waals surface area contributed by atoms with Crippen LogP contribution in [0.25, 0.3) is 5.65 Å². The maximum absolute atomic E-state index is 12.5. The van der Waals surface area contributed by atoms with E-state index >= 15 is 0 Å². The Labute approximate surface area is 143 Å². The summed E-state index contributed by atoms with van der Waals surface area (Å²) in [4.78, 5) is 31.2. The molecule has 1 amide bonds. The highest BCUT2D eigenvalue weighted by Crippen LogP contribution is 2.18. The van der Waals surface area contributed by atoms with Gasteiger partial charge in [-0.15, -0.1) is 0 Å². The van der Waals surface area contributed by atoms with Gasteiger partial charge in [0.15, 0.2) is 12.3 Å². The molecule has 1 N–H and O–H groups in total. The summed E-state index contributed by atoms with van der Waals surface area (Å²) < 4.78 is 7.03. The number of carbonyl (C=O) groups excluding carboxylic acids is 1. The first-order valence-corrected chi connectivity index (χ1v) is 8.17. The summed E-state index contributed by atoms with van der Waals surface area (Å²) in [6, 6.07) is 9.33. The van der Waals surface area contributed by atoms with Crippen LogP contribution in [0.5, 0.6) is 5.75 Å². The number of aromatic nitrogens is 3. The van der Waals surface area contributed by atoms with Crippen molar-refractivity contribution < 1.29 is 9.53 Å². The first kappa shape index (κ1) is 15.4. The lowest BCUT2D eigenvalue weighted by Gasteiger charge is -2.27. The summed E-state index contributed by atoms with van der Waals surface area (Å²) in [7, 11) is 0. The van der Waals surface area contributed by atoms with E-state index < -0.39 is 0 Å². The highest BCUT2D eigenvalue weighted by molar-refractivity contribution is 5.78. The van der Waals surface area contributed by atoms with Gasteiger partial charge in [0.25, 0.3) is 11.5 Å². The number of para-hydroxylation sites is 1. The average Bonchev–Trinajstić information content (AvgIpc) is 3.09. The fraction of sp³-hybridized carbons (Fsp3) is 0.278. The second-order valence-electron chi connectivity index (χ2n) is 6.12. The molecule has 1 aliphatic heterocycles. The Morgan fingerprint density at radius 2 is 2.16 bits per heavy atom. The van der Waals surface area contributed by atoms with Gasteiger partial charge >= 0.3 is 0 Å². The Kier molecular flexibility index (Phi) is 3.76. The Morgan fingerprint density at radius 3 is 3.00 bits per heavy atom. The molecule has 3 heterocycles. The van der Waals surface area contributed by atoms with Crippen molar-refractivity contribution in [2.45, 2.75) is 19.9 Å². The molecule has 1 aliphatic rings. The zero-order chi connectivity index (χ0) is 17.4. The molecule has 25 heavy (non-hydrogen) atoms. The summed E-state index contributed by atoms with van der Waals surface area (Å²) in [5.41, 5.74) is 2.77. The van der Waals surface area contributed by atoms with Crippen molar-refractivity contribution in [1.82, 2.24) is 19.5 Å². The second kappa shape index (κ2) is 6.08. The summed E-state index contributed by atoms with van der Waals surface area (Å²) >= 11 is 0. The molecule has 0 bridgehead atoms. The number of nitrogens with zero attached hydrogens (tertiary/aromatic N) is 3. The highest BCUT2D eigenvalue weighted by Gasteiger charge is 2.25. The number of fused-ring (bicyclic) bond motifs is 2. The van der Waals surface area contributed by atoms with Crippen LogP contribution in [0, 0.1) is 6.92 Å². The number of hydrogen-bond donors (Lipinski definition) is 1. The van der Waals surface area contributed by atoms with Crippen LogP contribution in [0.4, 0.5) is 0 Å². The molecule has 0 saturated carbocycles. The molecule has 7 heteroatoms. The number of aromatic amines is 1. The third kappa shape index (κ3) is 2.77. The number of rotatable bonds is 3. The minimum atomic E-state index is -0.151. The van der Waals surface area contributed by atoms with Crippen molar-refractivity contribution in [2.24, 2.45) is 0 Å². The number of amides is 1. The zero-order valence-electron chi connectivity index (χ0n) is 13.9. The van der Waals surface area contributed by atoms with E-state index in [1.807, 2.05) is 31.2 Å². The van der Waals surface area contributed by atoms with E-state index in [0.717, 1.165) is 11.3 Å². The largest absolute Gasteiger partial charge is 0.484 e. The summed E-state index contributed by atoms with van der Waals surface area (Å²) in [6.07, 6.45) is 2.25. The maximum Gasteiger partial charge on any atom is 0.277 e. The minimum Gasteiger partial charge on any atom is -0.484 e. The molecule has 0 aliphatic carbocycles. The average molecular weight is 338 g/mol. The lowest BCUT2D eigenvalue weighted by molar-refractivity contribution is -0.134. The lowest BCUT2D eigenvalue weighted by Crippen LogP contribution is -2.42. The number of nitrogens with one attached hydrogen (secondary N) is 1. The predicted octanol–water partition coefficient (Wildman–Crippen LogP) is 1.29. The molecular formula is C18H18N4O3. The molecule has 3 aromatic rings. The summed E-state index contributed by atoms with van der Waals surface area (Å²) in [5, 5.41) is 2.85. The fourth-order valence-corrected chi connectivity index (χ4v) is 3.08. The van der Waals surface area contributed by atoms with Gasteiger partial charge in [-0.05, 0) is 18.6 Å². The third-order valence-electron chi connectivity index (χ3n) is 4.49. The monoisotopic (exact) mass is 338 g/mol. The van der Waals surface area contributed by atoms with Gasteiger partial charge < -0.3 is 9.64 Å². The van der Waals surface area contributed by atoms with Crippen molar-refractivity contribution in [3.63, 3.8) is 0 Å². The Bertz CT molecular complexity index is 1000. The van der Waals surface area contributed by atoms with Crippen molar-refractivity contribution >= 4 is 11.6 Å². The quantitative estimate of drug-likeness (QED) is 0.780. The summed E-state index contributed by atoms with van der Waals surface area (Å²) in [6.45, 7) is 2.69. The van der Waals surface area contributed by atoms with E-state index in [1.54, 1.807) is 17.2 Å². The number of aryl methyl sites for hydroxylation is 1. The first-order chi connectivity index (χ1) is 12.1. The molecule has 7 nitrogen and oxygen atoms in total. The van der Waals surface area contributed by atoms with Crippen molar-refractivity contribution in [3.05, 3.63) is 63.7 Å². The smallest absolute Gasteiger partial charge is 0.277 e. The van der Waals surface area contributed by atoms with Crippen LogP contribution < -0.4 is 10.3 Å². The van der Waals surface area contributed by atoms with Gasteiger partial charge in [0, 0.05) is 25.2 Å². The van der Waals surface area contributed by atoms with Crippen LogP contribution >= 0.6 is 0 Å². The van der Waals surface area contributed by atoms with E-state index in [4.69, 9.17) is 4.74 Å². The molecular weight excluding hydrogens is 320 g/mol. The fourth-order valence-electron chi connectivity index (χ4n) is 3.08. The van der Waals surface area contributed by atoms with Crippen molar-refractivity contribution in [2.75, 3.05) is 13.2 Å². The van der Waals surface area contributed by atoms with Gasteiger partial charge in [0.05, 0.1) is 17.8 Å². The second-order valence-corrected chi connectivity index (χ2v) is 6.12. The SMILES string of the molecule is Cc1ccccc1OCC(=O)N1CCc2nc3cc[nH]n3c(=O)c2C1. The van der Waals surface area contributed by atoms with E-state index in [0.29, 0.717) is 29.9 Å². The number of H-pyrrole nitrogens is 1. The van der Waals surface area contributed by atoms with Gasteiger partial charge in [-0.1, -0.05) is 18.2 Å². The Morgan fingerprint density at radius 1 is 1.32 bits per heavy atom. The molecule has 128 valence electrons. The number of ether oxygens (including phenoxy) is 1. The van der Waals surface area contributed by atoms with Gasteiger partial charge in [-0.3, -0.25) is 14.7 Å². The zero-order valence-corrected chi connectivity index (χ0v) is 13.9. The molecule has 0 radical (unpaired) electrons.